The van der Waals surface area contributed by atoms with Crippen molar-refractivity contribution in [3.8, 4) is 0 Å². The predicted octanol–water partition coefficient (Wildman–Crippen LogP) is 0.305. The van der Waals surface area contributed by atoms with E-state index >= 15 is 0 Å². The minimum atomic E-state index is 0.388. The second-order valence-electron chi connectivity index (χ2n) is 3.45. The largest absolute Gasteiger partial charge is 0.298 e. The quantitative estimate of drug-likeness (QED) is 0.488. The SMILES string of the molecule is CC1CC2(C1)NCCN2. The monoisotopic (exact) mass is 126 g/mol. The van der Waals surface area contributed by atoms with Gasteiger partial charge in [-0.05, 0) is 18.8 Å². The zero-order valence-corrected chi connectivity index (χ0v) is 5.91. The van der Waals surface area contributed by atoms with Crippen LogP contribution in [0, 0.1) is 5.92 Å². The van der Waals surface area contributed by atoms with Gasteiger partial charge in [0.05, 0.1) is 5.66 Å². The molecule has 1 aliphatic carbocycles. The summed E-state index contributed by atoms with van der Waals surface area (Å²) in [7, 11) is 0. The minimum absolute atomic E-state index is 0.388. The topological polar surface area (TPSA) is 24.1 Å². The molecule has 9 heavy (non-hydrogen) atoms. The summed E-state index contributed by atoms with van der Waals surface area (Å²) in [4.78, 5) is 0. The van der Waals surface area contributed by atoms with E-state index in [1.165, 1.54) is 12.8 Å². The molecule has 2 nitrogen and oxygen atoms in total. The van der Waals surface area contributed by atoms with Gasteiger partial charge in [-0.25, -0.2) is 0 Å². The summed E-state index contributed by atoms with van der Waals surface area (Å²) in [6.45, 7) is 4.63. The Balaban J connectivity index is 1.95. The van der Waals surface area contributed by atoms with Crippen molar-refractivity contribution in [2.75, 3.05) is 13.1 Å². The lowest BCUT2D eigenvalue weighted by Gasteiger charge is -2.43. The fraction of sp³-hybridized carbons (Fsp3) is 1.00. The molecular weight excluding hydrogens is 112 g/mol. The van der Waals surface area contributed by atoms with Gasteiger partial charge in [0.1, 0.15) is 0 Å². The second kappa shape index (κ2) is 1.70. The Morgan fingerprint density at radius 3 is 2.22 bits per heavy atom. The molecule has 0 aromatic heterocycles. The van der Waals surface area contributed by atoms with Crippen LogP contribution >= 0.6 is 0 Å². The van der Waals surface area contributed by atoms with E-state index in [4.69, 9.17) is 0 Å². The van der Waals surface area contributed by atoms with E-state index < -0.39 is 0 Å². The number of rotatable bonds is 0. The normalized spacial score (nSPS) is 33.0. The Morgan fingerprint density at radius 1 is 1.22 bits per heavy atom. The molecule has 0 aromatic carbocycles. The predicted molar refractivity (Wildman–Crippen MR) is 37.1 cm³/mol. The summed E-state index contributed by atoms with van der Waals surface area (Å²) < 4.78 is 0. The van der Waals surface area contributed by atoms with Gasteiger partial charge >= 0.3 is 0 Å². The Kier molecular flexibility index (Phi) is 1.08. The van der Waals surface area contributed by atoms with Crippen molar-refractivity contribution in [3.63, 3.8) is 0 Å². The van der Waals surface area contributed by atoms with Crippen LogP contribution in [0.25, 0.3) is 0 Å². The van der Waals surface area contributed by atoms with Gasteiger partial charge in [-0.3, -0.25) is 10.6 Å². The van der Waals surface area contributed by atoms with Crippen molar-refractivity contribution < 1.29 is 0 Å². The van der Waals surface area contributed by atoms with Gasteiger partial charge in [-0.15, -0.1) is 0 Å². The summed E-state index contributed by atoms with van der Waals surface area (Å²) in [5.74, 6) is 0.933. The highest BCUT2D eigenvalue weighted by Crippen LogP contribution is 2.36. The fourth-order valence-electron chi connectivity index (χ4n) is 2.08. The fourth-order valence-corrected chi connectivity index (χ4v) is 2.08. The Labute approximate surface area is 56.0 Å². The molecule has 0 radical (unpaired) electrons. The molecule has 1 aliphatic heterocycles. The van der Waals surface area contributed by atoms with Crippen molar-refractivity contribution in [1.29, 1.82) is 0 Å². The average molecular weight is 126 g/mol. The van der Waals surface area contributed by atoms with Crippen LogP contribution in [0.3, 0.4) is 0 Å². The zero-order valence-electron chi connectivity index (χ0n) is 5.91. The third kappa shape index (κ3) is 0.775. The number of hydrogen-bond acceptors (Lipinski definition) is 2. The highest BCUT2D eigenvalue weighted by molar-refractivity contribution is 5.00. The molecule has 0 aromatic rings. The summed E-state index contributed by atoms with van der Waals surface area (Å²) in [6.07, 6.45) is 2.65. The first-order chi connectivity index (χ1) is 4.31. The lowest BCUT2D eigenvalue weighted by molar-refractivity contribution is 0.116. The summed E-state index contributed by atoms with van der Waals surface area (Å²) in [5.41, 5.74) is 0.388. The lowest BCUT2D eigenvalue weighted by atomic mass is 9.76. The maximum Gasteiger partial charge on any atom is 0.0693 e. The molecule has 0 unspecified atom stereocenters. The molecule has 0 bridgehead atoms. The van der Waals surface area contributed by atoms with Gasteiger partial charge in [0, 0.05) is 13.1 Å². The Bertz CT molecular complexity index is 108. The highest BCUT2D eigenvalue weighted by atomic mass is 15.3. The first-order valence-electron chi connectivity index (χ1n) is 3.81. The highest BCUT2D eigenvalue weighted by Gasteiger charge is 2.43. The van der Waals surface area contributed by atoms with E-state index in [0.29, 0.717) is 5.66 Å². The van der Waals surface area contributed by atoms with Crippen molar-refractivity contribution in [2.45, 2.75) is 25.4 Å². The van der Waals surface area contributed by atoms with Crippen molar-refractivity contribution in [1.82, 2.24) is 10.6 Å². The van der Waals surface area contributed by atoms with E-state index in [-0.39, 0.29) is 0 Å². The van der Waals surface area contributed by atoms with E-state index in [9.17, 15) is 0 Å². The van der Waals surface area contributed by atoms with Crippen LogP contribution < -0.4 is 10.6 Å². The minimum Gasteiger partial charge on any atom is -0.298 e. The standard InChI is InChI=1S/C7H14N2/c1-6-4-7(5-6)8-2-3-9-7/h6,8-9H,2-5H2,1H3. The molecule has 1 saturated carbocycles. The first-order valence-corrected chi connectivity index (χ1v) is 3.81. The summed E-state index contributed by atoms with van der Waals surface area (Å²) >= 11 is 0. The Hall–Kier alpha value is -0.0800. The molecule has 2 heteroatoms. The Morgan fingerprint density at radius 2 is 1.78 bits per heavy atom. The molecule has 2 aliphatic rings. The average Bonchev–Trinajstić information content (AvgIpc) is 2.12. The molecule has 2 rings (SSSR count). The van der Waals surface area contributed by atoms with Crippen LogP contribution in [0.1, 0.15) is 19.8 Å². The van der Waals surface area contributed by atoms with E-state index in [1.807, 2.05) is 0 Å². The zero-order chi connectivity index (χ0) is 6.32. The molecule has 0 atom stereocenters. The van der Waals surface area contributed by atoms with Crippen LogP contribution in [-0.4, -0.2) is 18.8 Å². The van der Waals surface area contributed by atoms with Crippen molar-refractivity contribution >= 4 is 0 Å². The number of nitrogens with one attached hydrogen (secondary N) is 2. The van der Waals surface area contributed by atoms with Crippen LogP contribution in [0.15, 0.2) is 0 Å². The third-order valence-electron chi connectivity index (χ3n) is 2.45. The number of hydrogen-bond donors (Lipinski definition) is 2. The van der Waals surface area contributed by atoms with E-state index in [1.54, 1.807) is 0 Å². The van der Waals surface area contributed by atoms with Gasteiger partial charge < -0.3 is 0 Å². The maximum atomic E-state index is 3.49. The molecule has 2 fully saturated rings. The maximum absolute atomic E-state index is 3.49. The molecule has 1 heterocycles. The third-order valence-corrected chi connectivity index (χ3v) is 2.45. The molecule has 52 valence electrons. The van der Waals surface area contributed by atoms with Crippen LogP contribution in [-0.2, 0) is 0 Å². The van der Waals surface area contributed by atoms with Crippen LogP contribution in [0.5, 0.6) is 0 Å². The van der Waals surface area contributed by atoms with Crippen LogP contribution in [0.4, 0.5) is 0 Å². The smallest absolute Gasteiger partial charge is 0.0693 e. The van der Waals surface area contributed by atoms with E-state index in [0.717, 1.165) is 19.0 Å². The van der Waals surface area contributed by atoms with Crippen LogP contribution in [0.2, 0.25) is 0 Å². The molecule has 2 N–H and O–H groups in total. The molecular formula is C7H14N2. The van der Waals surface area contributed by atoms with Gasteiger partial charge in [-0.2, -0.15) is 0 Å². The summed E-state index contributed by atoms with van der Waals surface area (Å²) in [5, 5.41) is 6.98. The second-order valence-corrected chi connectivity index (χ2v) is 3.45. The summed E-state index contributed by atoms with van der Waals surface area (Å²) in [6, 6.07) is 0. The lowest BCUT2D eigenvalue weighted by Crippen LogP contribution is -2.58. The first kappa shape index (κ1) is 5.69. The molecule has 1 spiro atoms. The van der Waals surface area contributed by atoms with Crippen molar-refractivity contribution in [2.24, 2.45) is 5.92 Å². The molecule has 1 saturated heterocycles. The van der Waals surface area contributed by atoms with Gasteiger partial charge in [-0.1, -0.05) is 6.92 Å². The van der Waals surface area contributed by atoms with Crippen molar-refractivity contribution in [3.05, 3.63) is 0 Å². The van der Waals surface area contributed by atoms with E-state index in [2.05, 4.69) is 17.6 Å². The van der Waals surface area contributed by atoms with Gasteiger partial charge in [0.15, 0.2) is 0 Å². The molecule has 0 amide bonds. The van der Waals surface area contributed by atoms with Gasteiger partial charge in [0.2, 0.25) is 0 Å². The van der Waals surface area contributed by atoms with Gasteiger partial charge in [0.25, 0.3) is 0 Å².